The van der Waals surface area contributed by atoms with E-state index in [1.54, 1.807) is 7.11 Å². The Labute approximate surface area is 121 Å². The smallest absolute Gasteiger partial charge is 0.123 e. The summed E-state index contributed by atoms with van der Waals surface area (Å²) in [6.07, 6.45) is 0. The number of benzene rings is 2. The summed E-state index contributed by atoms with van der Waals surface area (Å²) in [5, 5.41) is 0. The third-order valence-electron chi connectivity index (χ3n) is 2.69. The molecule has 19 heavy (non-hydrogen) atoms. The van der Waals surface area contributed by atoms with E-state index >= 15 is 0 Å². The van der Waals surface area contributed by atoms with Crippen LogP contribution in [0, 0.1) is 0 Å². The summed E-state index contributed by atoms with van der Waals surface area (Å²) in [7, 11) is 1.66. The lowest BCUT2D eigenvalue weighted by Crippen LogP contribution is -2.14. The predicted octanol–water partition coefficient (Wildman–Crippen LogP) is 3.68. The first-order chi connectivity index (χ1) is 9.29. The molecule has 3 nitrogen and oxygen atoms in total. The van der Waals surface area contributed by atoms with Crippen molar-refractivity contribution in [2.75, 3.05) is 7.11 Å². The molecular formula is C15H16BrNO2. The number of hydroxylamine groups is 1. The van der Waals surface area contributed by atoms with E-state index in [1.807, 2.05) is 48.5 Å². The zero-order valence-electron chi connectivity index (χ0n) is 10.7. The quantitative estimate of drug-likeness (QED) is 0.650. The van der Waals surface area contributed by atoms with Gasteiger partial charge in [-0.1, -0.05) is 46.3 Å². The number of hydrogen-bond acceptors (Lipinski definition) is 3. The number of nitrogens with one attached hydrogen (secondary N) is 1. The molecule has 0 unspecified atom stereocenters. The summed E-state index contributed by atoms with van der Waals surface area (Å²) in [4.78, 5) is 5.44. The van der Waals surface area contributed by atoms with E-state index in [0.717, 1.165) is 21.3 Å². The Morgan fingerprint density at radius 2 is 1.89 bits per heavy atom. The van der Waals surface area contributed by atoms with Gasteiger partial charge in [0.25, 0.3) is 0 Å². The fourth-order valence-corrected chi connectivity index (χ4v) is 2.13. The summed E-state index contributed by atoms with van der Waals surface area (Å²) in [5.74, 6) is 0.846. The Hall–Kier alpha value is -1.36. The number of hydrogen-bond donors (Lipinski definition) is 1. The van der Waals surface area contributed by atoms with Crippen LogP contribution in [0.5, 0.6) is 5.75 Å². The van der Waals surface area contributed by atoms with Crippen LogP contribution in [0.3, 0.4) is 0 Å². The minimum absolute atomic E-state index is 0.539. The Balaban J connectivity index is 1.84. The van der Waals surface area contributed by atoms with Gasteiger partial charge in [0, 0.05) is 16.6 Å². The zero-order valence-corrected chi connectivity index (χ0v) is 12.3. The van der Waals surface area contributed by atoms with Gasteiger partial charge in [0.1, 0.15) is 5.75 Å². The first kappa shape index (κ1) is 14.1. The summed E-state index contributed by atoms with van der Waals surface area (Å²) in [6, 6.07) is 15.9. The van der Waals surface area contributed by atoms with E-state index in [1.165, 1.54) is 0 Å². The Morgan fingerprint density at radius 1 is 1.11 bits per heavy atom. The standard InChI is InChI=1S/C15H16BrNO2/c1-18-15-8-7-14(16)9-13(15)10-17-19-11-12-5-3-2-4-6-12/h2-9,17H,10-11H2,1H3. The lowest BCUT2D eigenvalue weighted by atomic mass is 10.2. The van der Waals surface area contributed by atoms with Crippen molar-refractivity contribution in [3.63, 3.8) is 0 Å². The third-order valence-corrected chi connectivity index (χ3v) is 3.18. The lowest BCUT2D eigenvalue weighted by molar-refractivity contribution is 0.0231. The average molecular weight is 322 g/mol. The van der Waals surface area contributed by atoms with Crippen LogP contribution in [-0.4, -0.2) is 7.11 Å². The van der Waals surface area contributed by atoms with Gasteiger partial charge in [0.15, 0.2) is 0 Å². The van der Waals surface area contributed by atoms with Gasteiger partial charge in [-0.2, -0.15) is 5.48 Å². The van der Waals surface area contributed by atoms with Gasteiger partial charge in [-0.25, -0.2) is 0 Å². The maximum Gasteiger partial charge on any atom is 0.123 e. The van der Waals surface area contributed by atoms with Crippen molar-refractivity contribution in [1.29, 1.82) is 0 Å². The van der Waals surface area contributed by atoms with Crippen LogP contribution in [0.2, 0.25) is 0 Å². The second-order valence-electron chi connectivity index (χ2n) is 4.05. The fourth-order valence-electron chi connectivity index (χ4n) is 1.72. The molecule has 0 aliphatic heterocycles. The van der Waals surface area contributed by atoms with Gasteiger partial charge in [-0.15, -0.1) is 0 Å². The van der Waals surface area contributed by atoms with E-state index in [4.69, 9.17) is 9.57 Å². The molecule has 100 valence electrons. The van der Waals surface area contributed by atoms with E-state index in [2.05, 4.69) is 21.4 Å². The van der Waals surface area contributed by atoms with Gasteiger partial charge in [0.05, 0.1) is 13.7 Å². The monoisotopic (exact) mass is 321 g/mol. The first-order valence-corrected chi connectivity index (χ1v) is 6.80. The van der Waals surface area contributed by atoms with Crippen LogP contribution >= 0.6 is 15.9 Å². The van der Waals surface area contributed by atoms with Gasteiger partial charge < -0.3 is 4.74 Å². The molecule has 4 heteroatoms. The molecule has 0 bridgehead atoms. The van der Waals surface area contributed by atoms with Crippen LogP contribution < -0.4 is 10.2 Å². The highest BCUT2D eigenvalue weighted by Crippen LogP contribution is 2.22. The lowest BCUT2D eigenvalue weighted by Gasteiger charge is -2.10. The summed E-state index contributed by atoms with van der Waals surface area (Å²) in [5.41, 5.74) is 5.13. The molecule has 0 radical (unpaired) electrons. The molecule has 0 saturated carbocycles. The number of methoxy groups -OCH3 is 1. The predicted molar refractivity (Wildman–Crippen MR) is 78.8 cm³/mol. The largest absolute Gasteiger partial charge is 0.496 e. The summed E-state index contributed by atoms with van der Waals surface area (Å²) >= 11 is 3.45. The Morgan fingerprint density at radius 3 is 2.63 bits per heavy atom. The van der Waals surface area contributed by atoms with Crippen LogP contribution in [0.15, 0.2) is 53.0 Å². The Bertz CT molecular complexity index is 517. The molecule has 0 spiro atoms. The number of ether oxygens (including phenoxy) is 1. The molecule has 0 saturated heterocycles. The van der Waals surface area contributed by atoms with Gasteiger partial charge >= 0.3 is 0 Å². The molecule has 0 aromatic heterocycles. The molecule has 2 rings (SSSR count). The molecule has 0 fully saturated rings. The van der Waals surface area contributed by atoms with Crippen LogP contribution in [-0.2, 0) is 18.0 Å². The van der Waals surface area contributed by atoms with Gasteiger partial charge in [0.2, 0.25) is 0 Å². The van der Waals surface area contributed by atoms with E-state index in [0.29, 0.717) is 13.2 Å². The molecule has 2 aromatic carbocycles. The number of halogens is 1. The third kappa shape index (κ3) is 4.35. The molecular weight excluding hydrogens is 306 g/mol. The van der Waals surface area contributed by atoms with E-state index in [9.17, 15) is 0 Å². The van der Waals surface area contributed by atoms with E-state index < -0.39 is 0 Å². The van der Waals surface area contributed by atoms with Gasteiger partial charge in [-0.3, -0.25) is 4.84 Å². The minimum atomic E-state index is 0.539. The van der Waals surface area contributed by atoms with Crippen molar-refractivity contribution in [2.24, 2.45) is 0 Å². The highest BCUT2D eigenvalue weighted by molar-refractivity contribution is 9.10. The second kappa shape index (κ2) is 7.28. The van der Waals surface area contributed by atoms with Crippen LogP contribution in [0.25, 0.3) is 0 Å². The molecule has 0 aliphatic carbocycles. The van der Waals surface area contributed by atoms with Gasteiger partial charge in [-0.05, 0) is 23.8 Å². The molecule has 1 N–H and O–H groups in total. The number of rotatable bonds is 6. The Kier molecular flexibility index (Phi) is 5.39. The van der Waals surface area contributed by atoms with E-state index in [-0.39, 0.29) is 0 Å². The molecule has 0 aliphatic rings. The van der Waals surface area contributed by atoms with Crippen molar-refractivity contribution >= 4 is 15.9 Å². The maximum absolute atomic E-state index is 5.44. The van der Waals surface area contributed by atoms with Crippen molar-refractivity contribution < 1.29 is 9.57 Å². The molecule has 0 amide bonds. The maximum atomic E-state index is 5.44. The first-order valence-electron chi connectivity index (χ1n) is 6.00. The van der Waals surface area contributed by atoms with Crippen molar-refractivity contribution in [3.8, 4) is 5.75 Å². The highest BCUT2D eigenvalue weighted by Gasteiger charge is 2.03. The van der Waals surface area contributed by atoms with Crippen LogP contribution in [0.1, 0.15) is 11.1 Å². The second-order valence-corrected chi connectivity index (χ2v) is 4.97. The zero-order chi connectivity index (χ0) is 13.5. The molecule has 0 heterocycles. The normalized spacial score (nSPS) is 10.4. The van der Waals surface area contributed by atoms with Crippen molar-refractivity contribution in [1.82, 2.24) is 5.48 Å². The topological polar surface area (TPSA) is 30.5 Å². The average Bonchev–Trinajstić information content (AvgIpc) is 2.45. The molecule has 0 atom stereocenters. The summed E-state index contributed by atoms with van der Waals surface area (Å²) in [6.45, 7) is 1.13. The van der Waals surface area contributed by atoms with Crippen molar-refractivity contribution in [2.45, 2.75) is 13.2 Å². The minimum Gasteiger partial charge on any atom is -0.496 e. The van der Waals surface area contributed by atoms with Crippen molar-refractivity contribution in [3.05, 3.63) is 64.1 Å². The van der Waals surface area contributed by atoms with Crippen LogP contribution in [0.4, 0.5) is 0 Å². The SMILES string of the molecule is COc1ccc(Br)cc1CNOCc1ccccc1. The highest BCUT2D eigenvalue weighted by atomic mass is 79.9. The fraction of sp³-hybridized carbons (Fsp3) is 0.200. The summed E-state index contributed by atoms with van der Waals surface area (Å²) < 4.78 is 6.32. The molecule has 2 aromatic rings.